The molecule has 0 atom stereocenters. The van der Waals surface area contributed by atoms with Gasteiger partial charge in [-0.1, -0.05) is 44.2 Å². The highest BCUT2D eigenvalue weighted by Gasteiger charge is 2.15. The van der Waals surface area contributed by atoms with Gasteiger partial charge in [-0.3, -0.25) is 0 Å². The molecule has 0 aromatic heterocycles. The third-order valence-corrected chi connectivity index (χ3v) is 2.85. The molecule has 3 heteroatoms. The summed E-state index contributed by atoms with van der Waals surface area (Å²) in [5.74, 6) is -1.42. The highest BCUT2D eigenvalue weighted by molar-refractivity contribution is 5.14. The van der Waals surface area contributed by atoms with E-state index in [9.17, 15) is 0 Å². The second-order valence-corrected chi connectivity index (χ2v) is 4.36. The smallest absolute Gasteiger partial charge is 0.161 e. The minimum Gasteiger partial charge on any atom is -0.396 e. The summed E-state index contributed by atoms with van der Waals surface area (Å²) in [6.45, 7) is 3.79. The molecule has 0 unspecified atom stereocenters. The summed E-state index contributed by atoms with van der Waals surface area (Å²) in [4.78, 5) is 0. The van der Waals surface area contributed by atoms with Gasteiger partial charge in [0.05, 0.1) is 0 Å². The van der Waals surface area contributed by atoms with Gasteiger partial charge in [0.1, 0.15) is 0 Å². The molecule has 0 saturated heterocycles. The molecule has 3 N–H and O–H groups in total. The molecule has 0 heterocycles. The van der Waals surface area contributed by atoms with E-state index in [1.54, 1.807) is 13.8 Å². The molecule has 0 saturated carbocycles. The van der Waals surface area contributed by atoms with E-state index in [2.05, 4.69) is 12.1 Å². The Labute approximate surface area is 110 Å². The van der Waals surface area contributed by atoms with Crippen LogP contribution in [-0.4, -0.2) is 27.7 Å². The average Bonchev–Trinajstić information content (AvgIpc) is 2.41. The molecule has 1 aromatic rings. The number of unbranched alkanes of at least 4 members (excludes halogenated alkanes) is 1. The summed E-state index contributed by atoms with van der Waals surface area (Å²) in [6, 6.07) is 10.4. The highest BCUT2D eigenvalue weighted by Crippen LogP contribution is 2.07. The van der Waals surface area contributed by atoms with E-state index < -0.39 is 5.79 Å². The lowest BCUT2D eigenvalue weighted by Gasteiger charge is -2.15. The van der Waals surface area contributed by atoms with E-state index in [-0.39, 0.29) is 0 Å². The Bertz CT molecular complexity index is 277. The first-order chi connectivity index (χ1) is 8.55. The first kappa shape index (κ1) is 17.1. The summed E-state index contributed by atoms with van der Waals surface area (Å²) in [5.41, 5.74) is 1.36. The molecule has 0 radical (unpaired) electrons. The van der Waals surface area contributed by atoms with Crippen LogP contribution in [0.2, 0.25) is 0 Å². The van der Waals surface area contributed by atoms with Crippen LogP contribution in [0, 0.1) is 0 Å². The quantitative estimate of drug-likeness (QED) is 0.540. The van der Waals surface area contributed by atoms with Crippen LogP contribution in [0.15, 0.2) is 30.3 Å². The van der Waals surface area contributed by atoms with Crippen molar-refractivity contribution in [3.05, 3.63) is 35.9 Å². The van der Waals surface area contributed by atoms with E-state index in [1.807, 2.05) is 18.2 Å². The number of rotatable bonds is 6. The summed E-state index contributed by atoms with van der Waals surface area (Å²) in [5, 5.41) is 25.9. The molecular formula is C15H26O3. The fourth-order valence-electron chi connectivity index (χ4n) is 1.34. The van der Waals surface area contributed by atoms with E-state index in [0.717, 1.165) is 19.3 Å². The number of aliphatic hydroxyl groups is 3. The number of benzene rings is 1. The van der Waals surface area contributed by atoms with Gasteiger partial charge < -0.3 is 15.3 Å². The lowest BCUT2D eigenvalue weighted by atomic mass is 10.1. The van der Waals surface area contributed by atoms with Gasteiger partial charge in [-0.25, -0.2) is 0 Å². The molecule has 1 rings (SSSR count). The largest absolute Gasteiger partial charge is 0.396 e. The molecule has 0 aliphatic heterocycles. The van der Waals surface area contributed by atoms with Gasteiger partial charge in [0.15, 0.2) is 5.79 Å². The Kier molecular flexibility index (Phi) is 9.56. The third-order valence-electron chi connectivity index (χ3n) is 2.85. The molecule has 104 valence electrons. The van der Waals surface area contributed by atoms with E-state index in [4.69, 9.17) is 15.3 Å². The van der Waals surface area contributed by atoms with E-state index >= 15 is 0 Å². The van der Waals surface area contributed by atoms with Gasteiger partial charge in [0, 0.05) is 6.61 Å². The number of hydrogen-bond acceptors (Lipinski definition) is 3. The number of aliphatic hydroxyl groups excluding tert-OH is 1. The zero-order valence-electron chi connectivity index (χ0n) is 11.5. The molecule has 1 aromatic carbocycles. The van der Waals surface area contributed by atoms with Crippen LogP contribution in [-0.2, 0) is 6.42 Å². The van der Waals surface area contributed by atoms with Crippen molar-refractivity contribution in [2.75, 3.05) is 6.61 Å². The first-order valence-corrected chi connectivity index (χ1v) is 6.65. The van der Waals surface area contributed by atoms with Gasteiger partial charge in [-0.05, 0) is 37.7 Å². The molecule has 3 nitrogen and oxygen atoms in total. The van der Waals surface area contributed by atoms with Gasteiger partial charge in [-0.2, -0.15) is 0 Å². The van der Waals surface area contributed by atoms with Crippen LogP contribution in [0.5, 0.6) is 0 Å². The standard InChI is InChI=1S/C10H14O.C5H12O2/c11-9-5-4-8-10-6-2-1-3-7-10;1-3-5(6,7)4-2/h1-3,6-7,11H,4-5,8-9H2;6-7H,3-4H2,1-2H3. The number of aryl methyl sites for hydroxylation is 1. The monoisotopic (exact) mass is 254 g/mol. The molecule has 0 amide bonds. The van der Waals surface area contributed by atoms with Crippen molar-refractivity contribution in [2.24, 2.45) is 0 Å². The fourth-order valence-corrected chi connectivity index (χ4v) is 1.34. The van der Waals surface area contributed by atoms with E-state index in [0.29, 0.717) is 19.4 Å². The molecule has 0 spiro atoms. The average molecular weight is 254 g/mol. The summed E-state index contributed by atoms with van der Waals surface area (Å²) >= 11 is 0. The molecular weight excluding hydrogens is 228 g/mol. The lowest BCUT2D eigenvalue weighted by Crippen LogP contribution is -2.24. The zero-order valence-corrected chi connectivity index (χ0v) is 11.5. The van der Waals surface area contributed by atoms with E-state index in [1.165, 1.54) is 5.56 Å². The second-order valence-electron chi connectivity index (χ2n) is 4.36. The Morgan fingerprint density at radius 1 is 0.944 bits per heavy atom. The zero-order chi connectivity index (χ0) is 13.9. The Hall–Kier alpha value is -0.900. The van der Waals surface area contributed by atoms with Crippen molar-refractivity contribution in [1.82, 2.24) is 0 Å². The van der Waals surface area contributed by atoms with Crippen molar-refractivity contribution in [2.45, 2.75) is 51.7 Å². The Balaban J connectivity index is 0.000000360. The van der Waals surface area contributed by atoms with Crippen LogP contribution in [0.4, 0.5) is 0 Å². The molecule has 0 aliphatic rings. The second kappa shape index (κ2) is 10.1. The maximum absolute atomic E-state index is 8.69. The van der Waals surface area contributed by atoms with Crippen LogP contribution >= 0.6 is 0 Å². The van der Waals surface area contributed by atoms with Crippen molar-refractivity contribution in [1.29, 1.82) is 0 Å². The highest BCUT2D eigenvalue weighted by atomic mass is 16.5. The number of hydrogen-bond donors (Lipinski definition) is 3. The lowest BCUT2D eigenvalue weighted by molar-refractivity contribution is -0.163. The normalized spacial score (nSPS) is 10.7. The first-order valence-electron chi connectivity index (χ1n) is 6.65. The van der Waals surface area contributed by atoms with Crippen molar-refractivity contribution < 1.29 is 15.3 Å². The predicted molar refractivity (Wildman–Crippen MR) is 74.2 cm³/mol. The van der Waals surface area contributed by atoms with Crippen LogP contribution in [0.25, 0.3) is 0 Å². The molecule has 0 bridgehead atoms. The summed E-state index contributed by atoms with van der Waals surface area (Å²) in [6.07, 6.45) is 3.89. The van der Waals surface area contributed by atoms with Crippen molar-refractivity contribution in [3.8, 4) is 0 Å². The maximum atomic E-state index is 8.69. The minimum absolute atomic E-state index is 0.312. The van der Waals surface area contributed by atoms with Crippen molar-refractivity contribution >= 4 is 0 Å². The van der Waals surface area contributed by atoms with Gasteiger partial charge >= 0.3 is 0 Å². The van der Waals surface area contributed by atoms with Crippen LogP contribution in [0.3, 0.4) is 0 Å². The molecule has 0 fully saturated rings. The summed E-state index contributed by atoms with van der Waals surface area (Å²) < 4.78 is 0. The van der Waals surface area contributed by atoms with Crippen molar-refractivity contribution in [3.63, 3.8) is 0 Å². The fraction of sp³-hybridized carbons (Fsp3) is 0.600. The molecule has 0 aliphatic carbocycles. The van der Waals surface area contributed by atoms with Gasteiger partial charge in [0.25, 0.3) is 0 Å². The Morgan fingerprint density at radius 2 is 1.50 bits per heavy atom. The van der Waals surface area contributed by atoms with Crippen LogP contribution in [0.1, 0.15) is 45.1 Å². The van der Waals surface area contributed by atoms with Gasteiger partial charge in [0.2, 0.25) is 0 Å². The predicted octanol–water partition coefficient (Wildman–Crippen LogP) is 2.49. The maximum Gasteiger partial charge on any atom is 0.161 e. The SMILES string of the molecule is CCC(O)(O)CC.OCCCCc1ccccc1. The molecule has 18 heavy (non-hydrogen) atoms. The minimum atomic E-state index is -1.42. The van der Waals surface area contributed by atoms with Gasteiger partial charge in [-0.15, -0.1) is 0 Å². The third kappa shape index (κ3) is 9.16. The van der Waals surface area contributed by atoms with Crippen LogP contribution < -0.4 is 0 Å². The summed E-state index contributed by atoms with van der Waals surface area (Å²) in [7, 11) is 0. The topological polar surface area (TPSA) is 60.7 Å². The Morgan fingerprint density at radius 3 is 1.89 bits per heavy atom.